The number of benzene rings is 1. The topological polar surface area (TPSA) is 38.1 Å². The van der Waals surface area contributed by atoms with Gasteiger partial charge in [0.05, 0.1) is 5.02 Å². The van der Waals surface area contributed by atoms with Gasteiger partial charge in [-0.05, 0) is 37.9 Å². The van der Waals surface area contributed by atoms with Gasteiger partial charge in [-0.3, -0.25) is 0 Å². The van der Waals surface area contributed by atoms with E-state index >= 15 is 0 Å². The fourth-order valence-corrected chi connectivity index (χ4v) is 2.74. The molecule has 0 spiro atoms. The monoisotopic (exact) mass is 264 g/mol. The Labute approximate surface area is 112 Å². The van der Waals surface area contributed by atoms with Crippen LogP contribution in [-0.4, -0.2) is 17.6 Å². The van der Waals surface area contributed by atoms with Gasteiger partial charge >= 0.3 is 0 Å². The molecule has 1 aliphatic rings. The Morgan fingerprint density at radius 2 is 2.33 bits per heavy atom. The first kappa shape index (κ1) is 12.0. The summed E-state index contributed by atoms with van der Waals surface area (Å²) in [6, 6.07) is 6.29. The first-order valence-corrected chi connectivity index (χ1v) is 6.98. The van der Waals surface area contributed by atoms with E-state index in [2.05, 4.69) is 10.3 Å². The summed E-state index contributed by atoms with van der Waals surface area (Å²) in [6.07, 6.45) is 5.86. The zero-order valence-electron chi connectivity index (χ0n) is 10.3. The van der Waals surface area contributed by atoms with Crippen LogP contribution in [0.25, 0.3) is 11.1 Å². The fraction of sp³-hybridized carbons (Fsp3) is 0.500. The van der Waals surface area contributed by atoms with E-state index in [1.54, 1.807) is 0 Å². The van der Waals surface area contributed by atoms with Crippen LogP contribution >= 0.6 is 11.6 Å². The minimum atomic E-state index is 0.615. The molecule has 1 aromatic heterocycles. The Bertz CT molecular complexity index is 532. The van der Waals surface area contributed by atoms with Crippen LogP contribution in [0.4, 0.5) is 0 Å². The van der Waals surface area contributed by atoms with Gasteiger partial charge in [-0.15, -0.1) is 0 Å². The van der Waals surface area contributed by atoms with Gasteiger partial charge in [0.15, 0.2) is 11.5 Å². The number of hydrogen-bond acceptors (Lipinski definition) is 3. The van der Waals surface area contributed by atoms with Crippen molar-refractivity contribution in [3.63, 3.8) is 0 Å². The number of aromatic nitrogens is 1. The van der Waals surface area contributed by atoms with Crippen molar-refractivity contribution >= 4 is 22.7 Å². The average Bonchev–Trinajstić information content (AvgIpc) is 2.82. The van der Waals surface area contributed by atoms with Crippen molar-refractivity contribution in [1.82, 2.24) is 10.3 Å². The second-order valence-electron chi connectivity index (χ2n) is 4.88. The first-order valence-electron chi connectivity index (χ1n) is 6.60. The molecule has 1 fully saturated rings. The van der Waals surface area contributed by atoms with Gasteiger partial charge < -0.3 is 9.73 Å². The average molecular weight is 265 g/mol. The van der Waals surface area contributed by atoms with E-state index in [0.717, 1.165) is 30.8 Å². The Morgan fingerprint density at radius 3 is 3.11 bits per heavy atom. The van der Waals surface area contributed by atoms with Crippen LogP contribution in [0, 0.1) is 0 Å². The maximum Gasteiger partial charge on any atom is 0.195 e. The highest BCUT2D eigenvalue weighted by atomic mass is 35.5. The molecule has 3 rings (SSSR count). The molecule has 1 atom stereocenters. The van der Waals surface area contributed by atoms with Gasteiger partial charge in [0.25, 0.3) is 0 Å². The molecule has 0 aliphatic carbocycles. The molecule has 18 heavy (non-hydrogen) atoms. The van der Waals surface area contributed by atoms with Crippen molar-refractivity contribution in [2.45, 2.75) is 38.1 Å². The van der Waals surface area contributed by atoms with E-state index in [1.165, 1.54) is 19.3 Å². The lowest BCUT2D eigenvalue weighted by molar-refractivity contribution is 0.371. The van der Waals surface area contributed by atoms with Gasteiger partial charge in [0.1, 0.15) is 5.52 Å². The normalized spacial score (nSPS) is 20.4. The third-order valence-corrected chi connectivity index (χ3v) is 3.83. The molecule has 1 saturated heterocycles. The Morgan fingerprint density at radius 1 is 1.39 bits per heavy atom. The van der Waals surface area contributed by atoms with Crippen LogP contribution in [0.5, 0.6) is 0 Å². The van der Waals surface area contributed by atoms with Gasteiger partial charge in [-0.2, -0.15) is 0 Å². The SMILES string of the molecule is Clc1cccc2nc(CCC3CCCCN3)oc12. The highest BCUT2D eigenvalue weighted by Crippen LogP contribution is 2.24. The fourth-order valence-electron chi connectivity index (χ4n) is 2.54. The summed E-state index contributed by atoms with van der Waals surface area (Å²) in [5, 5.41) is 4.18. The van der Waals surface area contributed by atoms with Crippen LogP contribution in [0.3, 0.4) is 0 Å². The molecule has 2 heterocycles. The maximum atomic E-state index is 6.07. The molecule has 1 aliphatic heterocycles. The van der Waals surface area contributed by atoms with E-state index in [4.69, 9.17) is 16.0 Å². The van der Waals surface area contributed by atoms with Crippen LogP contribution < -0.4 is 5.32 Å². The molecule has 2 aromatic rings. The van der Waals surface area contributed by atoms with Crippen molar-refractivity contribution in [3.8, 4) is 0 Å². The Balaban J connectivity index is 1.69. The largest absolute Gasteiger partial charge is 0.439 e. The highest BCUT2D eigenvalue weighted by molar-refractivity contribution is 6.34. The lowest BCUT2D eigenvalue weighted by Crippen LogP contribution is -2.34. The number of oxazole rings is 1. The van der Waals surface area contributed by atoms with Crippen LogP contribution in [0.1, 0.15) is 31.6 Å². The number of nitrogens with zero attached hydrogens (tertiary/aromatic N) is 1. The smallest absolute Gasteiger partial charge is 0.195 e. The van der Waals surface area contributed by atoms with Crippen LogP contribution in [0.15, 0.2) is 22.6 Å². The Kier molecular flexibility index (Phi) is 3.52. The number of nitrogens with one attached hydrogen (secondary N) is 1. The Hall–Kier alpha value is -1.06. The van der Waals surface area contributed by atoms with Gasteiger partial charge in [0.2, 0.25) is 0 Å². The molecular formula is C14H17ClN2O. The summed E-state index contributed by atoms with van der Waals surface area (Å²) in [5.41, 5.74) is 1.57. The van der Waals surface area contributed by atoms with Crippen molar-refractivity contribution in [3.05, 3.63) is 29.1 Å². The summed E-state index contributed by atoms with van der Waals surface area (Å²) in [7, 11) is 0. The summed E-state index contributed by atoms with van der Waals surface area (Å²) in [4.78, 5) is 4.48. The van der Waals surface area contributed by atoms with E-state index in [-0.39, 0.29) is 0 Å². The van der Waals surface area contributed by atoms with Crippen molar-refractivity contribution in [1.29, 1.82) is 0 Å². The summed E-state index contributed by atoms with van der Waals surface area (Å²) in [6.45, 7) is 1.14. The van der Waals surface area contributed by atoms with Crippen molar-refractivity contribution in [2.24, 2.45) is 0 Å². The van der Waals surface area contributed by atoms with Gasteiger partial charge in [-0.25, -0.2) is 4.98 Å². The van der Waals surface area contributed by atoms with Crippen molar-refractivity contribution in [2.75, 3.05) is 6.54 Å². The zero-order chi connectivity index (χ0) is 12.4. The standard InChI is InChI=1S/C14H17ClN2O/c15-11-5-3-6-12-14(11)18-13(17-12)8-7-10-4-1-2-9-16-10/h3,5-6,10,16H,1-2,4,7-9H2. The quantitative estimate of drug-likeness (QED) is 0.921. The molecule has 0 amide bonds. The van der Waals surface area contributed by atoms with E-state index < -0.39 is 0 Å². The molecule has 1 unspecified atom stereocenters. The third-order valence-electron chi connectivity index (χ3n) is 3.53. The number of halogens is 1. The summed E-state index contributed by atoms with van der Waals surface area (Å²) < 4.78 is 5.72. The second kappa shape index (κ2) is 5.29. The minimum Gasteiger partial charge on any atom is -0.439 e. The number of piperidine rings is 1. The summed E-state index contributed by atoms with van der Waals surface area (Å²) >= 11 is 6.07. The molecule has 0 saturated carbocycles. The molecule has 96 valence electrons. The number of rotatable bonds is 3. The molecule has 0 bridgehead atoms. The second-order valence-corrected chi connectivity index (χ2v) is 5.29. The maximum absolute atomic E-state index is 6.07. The lowest BCUT2D eigenvalue weighted by Gasteiger charge is -2.22. The van der Waals surface area contributed by atoms with Gasteiger partial charge in [-0.1, -0.05) is 24.1 Å². The highest BCUT2D eigenvalue weighted by Gasteiger charge is 2.14. The predicted octanol–water partition coefficient (Wildman–Crippen LogP) is 3.56. The first-order chi connectivity index (χ1) is 8.83. The van der Waals surface area contributed by atoms with Gasteiger partial charge in [0, 0.05) is 12.5 Å². The third kappa shape index (κ3) is 2.52. The lowest BCUT2D eigenvalue weighted by atomic mass is 10.0. The number of hydrogen-bond donors (Lipinski definition) is 1. The van der Waals surface area contributed by atoms with E-state index in [0.29, 0.717) is 16.6 Å². The number of para-hydroxylation sites is 1. The van der Waals surface area contributed by atoms with Crippen molar-refractivity contribution < 1.29 is 4.42 Å². The van der Waals surface area contributed by atoms with E-state index in [1.807, 2.05) is 18.2 Å². The predicted molar refractivity (Wildman–Crippen MR) is 73.0 cm³/mol. The zero-order valence-corrected chi connectivity index (χ0v) is 11.0. The molecule has 1 aromatic carbocycles. The molecule has 1 N–H and O–H groups in total. The molecular weight excluding hydrogens is 248 g/mol. The molecule has 0 radical (unpaired) electrons. The molecule has 3 nitrogen and oxygen atoms in total. The number of fused-ring (bicyclic) bond motifs is 1. The summed E-state index contributed by atoms with van der Waals surface area (Å²) in [5.74, 6) is 0.797. The van der Waals surface area contributed by atoms with Crippen LogP contribution in [-0.2, 0) is 6.42 Å². The van der Waals surface area contributed by atoms with Crippen LogP contribution in [0.2, 0.25) is 5.02 Å². The number of aryl methyl sites for hydroxylation is 1. The molecule has 4 heteroatoms. The minimum absolute atomic E-state index is 0.615. The van der Waals surface area contributed by atoms with E-state index in [9.17, 15) is 0 Å².